The molecule has 1 aromatic heterocycles. The first-order valence-corrected chi connectivity index (χ1v) is 5.34. The number of rotatable bonds is 4. The largest absolute Gasteiger partial charge is 0.321 e. The third-order valence-electron chi connectivity index (χ3n) is 2.69. The van der Waals surface area contributed by atoms with Crippen LogP contribution in [-0.2, 0) is 7.05 Å². The number of nitrogens with two attached hydrogens (primary N) is 1. The Hall–Kier alpha value is -0.870. The molecule has 4 nitrogen and oxygen atoms in total. The predicted octanol–water partition coefficient (Wildman–Crippen LogP) is 1.63. The topological polar surface area (TPSA) is 60.9 Å². The third-order valence-corrected chi connectivity index (χ3v) is 2.96. The number of Topliss-reactive ketones (excluding diaryl/α,β-unsaturated/α-hetero) is 1. The normalized spacial score (nSPS) is 15.0. The number of ketones is 1. The molecule has 1 rings (SSSR count). The Labute approximate surface area is 94.4 Å². The van der Waals surface area contributed by atoms with Gasteiger partial charge in [-0.05, 0) is 5.92 Å². The molecule has 1 heterocycles. The van der Waals surface area contributed by atoms with Crippen molar-refractivity contribution >= 4 is 17.4 Å². The molecule has 0 saturated heterocycles. The van der Waals surface area contributed by atoms with Crippen molar-refractivity contribution in [2.75, 3.05) is 0 Å². The molecule has 15 heavy (non-hydrogen) atoms. The molecule has 2 atom stereocenters. The van der Waals surface area contributed by atoms with Crippen LogP contribution in [0.1, 0.15) is 30.8 Å². The Bertz CT molecular complexity index is 342. The van der Waals surface area contributed by atoms with Crippen molar-refractivity contribution in [1.82, 2.24) is 9.78 Å². The van der Waals surface area contributed by atoms with Crippen LogP contribution >= 0.6 is 11.6 Å². The van der Waals surface area contributed by atoms with Gasteiger partial charge in [-0.15, -0.1) is 0 Å². The molecule has 2 unspecified atom stereocenters. The molecular formula is C10H16ClN3O. The van der Waals surface area contributed by atoms with E-state index in [1.807, 2.05) is 13.8 Å². The van der Waals surface area contributed by atoms with Gasteiger partial charge < -0.3 is 5.73 Å². The zero-order valence-electron chi connectivity index (χ0n) is 9.20. The first-order valence-electron chi connectivity index (χ1n) is 4.96. The maximum Gasteiger partial charge on any atom is 0.199 e. The van der Waals surface area contributed by atoms with Gasteiger partial charge in [-0.1, -0.05) is 31.9 Å². The highest BCUT2D eigenvalue weighted by atomic mass is 35.5. The Morgan fingerprint density at radius 3 is 2.73 bits per heavy atom. The fourth-order valence-electron chi connectivity index (χ4n) is 1.36. The van der Waals surface area contributed by atoms with Crippen LogP contribution in [0.5, 0.6) is 0 Å². The van der Waals surface area contributed by atoms with Crippen molar-refractivity contribution in [1.29, 1.82) is 0 Å². The molecule has 0 fully saturated rings. The molecule has 0 aliphatic rings. The van der Waals surface area contributed by atoms with Crippen LogP contribution in [0.25, 0.3) is 0 Å². The van der Waals surface area contributed by atoms with E-state index in [2.05, 4.69) is 5.10 Å². The third kappa shape index (κ3) is 2.38. The average molecular weight is 230 g/mol. The maximum atomic E-state index is 12.0. The molecule has 0 radical (unpaired) electrons. The van der Waals surface area contributed by atoms with Crippen molar-refractivity contribution in [3.05, 3.63) is 16.9 Å². The number of halogens is 1. The maximum absolute atomic E-state index is 12.0. The quantitative estimate of drug-likeness (QED) is 0.799. The van der Waals surface area contributed by atoms with Crippen molar-refractivity contribution < 1.29 is 4.79 Å². The second-order valence-corrected chi connectivity index (χ2v) is 4.15. The van der Waals surface area contributed by atoms with Crippen molar-refractivity contribution in [2.24, 2.45) is 18.7 Å². The lowest BCUT2D eigenvalue weighted by Gasteiger charge is -2.16. The van der Waals surface area contributed by atoms with E-state index in [0.29, 0.717) is 10.7 Å². The lowest BCUT2D eigenvalue weighted by Crippen LogP contribution is -2.37. The number of carbonyl (C=O) groups excluding carboxylic acids is 1. The van der Waals surface area contributed by atoms with Gasteiger partial charge in [0.15, 0.2) is 5.78 Å². The van der Waals surface area contributed by atoms with Gasteiger partial charge >= 0.3 is 0 Å². The van der Waals surface area contributed by atoms with E-state index in [-0.39, 0.29) is 11.7 Å². The Balaban J connectivity index is 2.94. The molecule has 84 valence electrons. The number of hydrogen-bond donors (Lipinski definition) is 1. The zero-order valence-corrected chi connectivity index (χ0v) is 9.95. The van der Waals surface area contributed by atoms with Crippen LogP contribution in [0.2, 0.25) is 5.02 Å². The molecule has 0 amide bonds. The van der Waals surface area contributed by atoms with Crippen LogP contribution in [0.15, 0.2) is 6.20 Å². The summed E-state index contributed by atoms with van der Waals surface area (Å²) < 4.78 is 1.47. The highest BCUT2D eigenvalue weighted by Crippen LogP contribution is 2.18. The van der Waals surface area contributed by atoms with Crippen LogP contribution in [0, 0.1) is 5.92 Å². The minimum Gasteiger partial charge on any atom is -0.321 e. The summed E-state index contributed by atoms with van der Waals surface area (Å²) >= 11 is 5.87. The average Bonchev–Trinajstić information content (AvgIpc) is 2.55. The summed E-state index contributed by atoms with van der Waals surface area (Å²) in [6.45, 7) is 3.95. The number of aryl methyl sites for hydroxylation is 1. The fourth-order valence-corrected chi connectivity index (χ4v) is 1.62. The Kier molecular flexibility index (Phi) is 3.88. The molecule has 2 N–H and O–H groups in total. The molecule has 0 aliphatic heterocycles. The van der Waals surface area contributed by atoms with Crippen LogP contribution < -0.4 is 5.73 Å². The number of hydrogen-bond acceptors (Lipinski definition) is 3. The lowest BCUT2D eigenvalue weighted by atomic mass is 9.95. The molecule has 0 spiro atoms. The van der Waals surface area contributed by atoms with E-state index in [0.717, 1.165) is 6.42 Å². The van der Waals surface area contributed by atoms with E-state index >= 15 is 0 Å². The molecule has 0 bridgehead atoms. The van der Waals surface area contributed by atoms with E-state index in [9.17, 15) is 4.79 Å². The summed E-state index contributed by atoms with van der Waals surface area (Å²) in [4.78, 5) is 12.0. The molecule has 1 aromatic rings. The van der Waals surface area contributed by atoms with Gasteiger partial charge in [-0.2, -0.15) is 5.10 Å². The zero-order chi connectivity index (χ0) is 11.6. The van der Waals surface area contributed by atoms with Gasteiger partial charge in [-0.25, -0.2) is 0 Å². The van der Waals surface area contributed by atoms with Crippen LogP contribution in [-0.4, -0.2) is 21.6 Å². The second kappa shape index (κ2) is 4.77. The number of nitrogens with zero attached hydrogens (tertiary/aromatic N) is 2. The van der Waals surface area contributed by atoms with Crippen molar-refractivity contribution in [2.45, 2.75) is 26.3 Å². The minimum atomic E-state index is -0.511. The summed E-state index contributed by atoms with van der Waals surface area (Å²) in [5.74, 6) is -0.00202. The van der Waals surface area contributed by atoms with Crippen molar-refractivity contribution in [3.63, 3.8) is 0 Å². The van der Waals surface area contributed by atoms with Crippen LogP contribution in [0.4, 0.5) is 0 Å². The lowest BCUT2D eigenvalue weighted by molar-refractivity contribution is 0.0925. The molecule has 0 aliphatic carbocycles. The smallest absolute Gasteiger partial charge is 0.199 e. The standard InChI is InChI=1S/C10H16ClN3O/c1-4-6(2)8(12)10(15)9-7(11)5-13-14(9)3/h5-6,8H,4,12H2,1-3H3. The van der Waals surface area contributed by atoms with Gasteiger partial charge in [0.1, 0.15) is 5.69 Å². The molecule has 5 heteroatoms. The van der Waals surface area contributed by atoms with Gasteiger partial charge in [0, 0.05) is 7.05 Å². The highest BCUT2D eigenvalue weighted by molar-refractivity contribution is 6.33. The molecule has 0 aromatic carbocycles. The summed E-state index contributed by atoms with van der Waals surface area (Å²) in [5.41, 5.74) is 6.24. The Morgan fingerprint density at radius 1 is 1.73 bits per heavy atom. The van der Waals surface area contributed by atoms with Gasteiger partial charge in [-0.3, -0.25) is 9.48 Å². The first-order chi connectivity index (χ1) is 6.99. The predicted molar refractivity (Wildman–Crippen MR) is 60.0 cm³/mol. The Morgan fingerprint density at radius 2 is 2.33 bits per heavy atom. The molecular weight excluding hydrogens is 214 g/mol. The summed E-state index contributed by atoms with van der Waals surface area (Å²) in [5, 5.41) is 4.28. The fraction of sp³-hybridized carbons (Fsp3) is 0.600. The SMILES string of the molecule is CCC(C)C(N)C(=O)c1c(Cl)cnn1C. The summed E-state index contributed by atoms with van der Waals surface area (Å²) in [7, 11) is 1.68. The van der Waals surface area contributed by atoms with Crippen LogP contribution in [0.3, 0.4) is 0 Å². The van der Waals surface area contributed by atoms with Gasteiger partial charge in [0.05, 0.1) is 17.3 Å². The summed E-state index contributed by atoms with van der Waals surface area (Å²) in [6.07, 6.45) is 2.32. The first kappa shape index (κ1) is 12.2. The van der Waals surface area contributed by atoms with E-state index in [1.165, 1.54) is 10.9 Å². The highest BCUT2D eigenvalue weighted by Gasteiger charge is 2.25. The van der Waals surface area contributed by atoms with E-state index < -0.39 is 6.04 Å². The summed E-state index contributed by atoms with van der Waals surface area (Å²) in [6, 6.07) is -0.511. The van der Waals surface area contributed by atoms with E-state index in [1.54, 1.807) is 7.05 Å². The van der Waals surface area contributed by atoms with Gasteiger partial charge in [0.2, 0.25) is 0 Å². The van der Waals surface area contributed by atoms with Crippen molar-refractivity contribution in [3.8, 4) is 0 Å². The molecule has 0 saturated carbocycles. The van der Waals surface area contributed by atoms with E-state index in [4.69, 9.17) is 17.3 Å². The number of carbonyl (C=O) groups is 1. The van der Waals surface area contributed by atoms with Gasteiger partial charge in [0.25, 0.3) is 0 Å². The number of aromatic nitrogens is 2. The monoisotopic (exact) mass is 229 g/mol. The second-order valence-electron chi connectivity index (χ2n) is 3.74. The minimum absolute atomic E-state index is 0.142.